The molecule has 3 nitrogen and oxygen atoms in total. The number of halogens is 1. The van der Waals surface area contributed by atoms with Crippen molar-refractivity contribution in [2.24, 2.45) is 0 Å². The minimum atomic E-state index is -2.28. The second-order valence-corrected chi connectivity index (χ2v) is 4.68. The van der Waals surface area contributed by atoms with E-state index in [4.69, 9.17) is 0 Å². The summed E-state index contributed by atoms with van der Waals surface area (Å²) in [5.41, 5.74) is 0.877. The van der Waals surface area contributed by atoms with Gasteiger partial charge in [-0.25, -0.2) is 4.39 Å². The van der Waals surface area contributed by atoms with Gasteiger partial charge < -0.3 is 4.55 Å². The summed E-state index contributed by atoms with van der Waals surface area (Å²) < 4.78 is 35.4. The number of aromatic nitrogens is 1. The lowest BCUT2D eigenvalue weighted by Gasteiger charge is -2.08. The summed E-state index contributed by atoms with van der Waals surface area (Å²) in [5.74, 6) is -0.420. The molecule has 1 aliphatic carbocycles. The first-order valence-electron chi connectivity index (χ1n) is 5.29. The molecule has 17 heavy (non-hydrogen) atoms. The van der Waals surface area contributed by atoms with E-state index in [2.05, 4.69) is 4.98 Å². The quantitative estimate of drug-likeness (QED) is 0.760. The Morgan fingerprint density at radius 1 is 1.47 bits per heavy atom. The Morgan fingerprint density at radius 3 is 3.00 bits per heavy atom. The van der Waals surface area contributed by atoms with Crippen molar-refractivity contribution < 1.29 is 13.2 Å². The van der Waals surface area contributed by atoms with E-state index in [1.165, 1.54) is 24.4 Å². The Kier molecular flexibility index (Phi) is 3.81. The molecule has 1 heterocycles. The molecule has 0 aromatic carbocycles. The average Bonchev–Trinajstić information content (AvgIpc) is 2.55. The fraction of sp³-hybridized carbons (Fsp3) is 0.250. The molecule has 0 spiro atoms. The van der Waals surface area contributed by atoms with Gasteiger partial charge >= 0.3 is 0 Å². The zero-order valence-electron chi connectivity index (χ0n) is 9.06. The lowest BCUT2D eigenvalue weighted by Crippen LogP contribution is -1.95. The summed E-state index contributed by atoms with van der Waals surface area (Å²) in [6, 6.07) is 2.84. The van der Waals surface area contributed by atoms with Crippen molar-refractivity contribution in [1.29, 1.82) is 0 Å². The molecule has 1 atom stereocenters. The summed E-state index contributed by atoms with van der Waals surface area (Å²) in [7, 11) is 0. The Morgan fingerprint density at radius 2 is 2.29 bits per heavy atom. The summed E-state index contributed by atoms with van der Waals surface area (Å²) in [6.07, 6.45) is 6.76. The Balaban J connectivity index is 2.41. The zero-order valence-corrected chi connectivity index (χ0v) is 9.87. The van der Waals surface area contributed by atoms with Crippen LogP contribution < -0.4 is 0 Å². The van der Waals surface area contributed by atoms with Crippen LogP contribution in [-0.4, -0.2) is 13.7 Å². The van der Waals surface area contributed by atoms with Crippen LogP contribution in [0.5, 0.6) is 0 Å². The first-order chi connectivity index (χ1) is 8.18. The van der Waals surface area contributed by atoms with E-state index in [9.17, 15) is 13.2 Å². The van der Waals surface area contributed by atoms with Crippen molar-refractivity contribution in [3.05, 3.63) is 46.9 Å². The highest BCUT2D eigenvalue weighted by Crippen LogP contribution is 2.26. The molecule has 2 rings (SSSR count). The normalized spacial score (nSPS) is 18.0. The molecule has 0 fully saturated rings. The summed E-state index contributed by atoms with van der Waals surface area (Å²) in [5, 5.41) is 0. The molecule has 0 saturated heterocycles. The van der Waals surface area contributed by atoms with Gasteiger partial charge in [-0.2, -0.15) is 0 Å². The number of allylic oxidation sites excluding steroid dienone is 3. The molecular weight excluding hydrogens is 241 g/mol. The molecule has 0 radical (unpaired) electrons. The largest absolute Gasteiger partial charge is 0.768 e. The summed E-state index contributed by atoms with van der Waals surface area (Å²) in [6.45, 7) is 0. The fourth-order valence-electron chi connectivity index (χ4n) is 1.76. The maximum atomic E-state index is 13.6. The molecule has 1 aromatic heterocycles. The van der Waals surface area contributed by atoms with E-state index in [1.54, 1.807) is 6.08 Å². The third-order valence-electron chi connectivity index (χ3n) is 2.57. The molecule has 1 aromatic rings. The summed E-state index contributed by atoms with van der Waals surface area (Å²) in [4.78, 5) is 4.18. The number of hydrogen-bond acceptors (Lipinski definition) is 3. The SMILES string of the molecule is O=S([O-])C1=CCCCC(c2ncccc2F)=C1. The minimum absolute atomic E-state index is 0.211. The first kappa shape index (κ1) is 12.1. The highest BCUT2D eigenvalue weighted by Gasteiger charge is 2.12. The van der Waals surface area contributed by atoms with E-state index < -0.39 is 16.9 Å². The smallest absolute Gasteiger partial charge is 0.149 e. The van der Waals surface area contributed by atoms with Crippen molar-refractivity contribution >= 4 is 16.7 Å². The highest BCUT2D eigenvalue weighted by molar-refractivity contribution is 7.83. The number of rotatable bonds is 2. The second kappa shape index (κ2) is 5.33. The highest BCUT2D eigenvalue weighted by atomic mass is 32.2. The molecule has 5 heteroatoms. The van der Waals surface area contributed by atoms with E-state index in [1.807, 2.05) is 0 Å². The molecular formula is C12H11FNO2S-. The van der Waals surface area contributed by atoms with E-state index in [-0.39, 0.29) is 10.6 Å². The topological polar surface area (TPSA) is 53.0 Å². The van der Waals surface area contributed by atoms with Crippen molar-refractivity contribution in [3.63, 3.8) is 0 Å². The van der Waals surface area contributed by atoms with Crippen LogP contribution in [0.25, 0.3) is 5.57 Å². The second-order valence-electron chi connectivity index (χ2n) is 3.74. The first-order valence-corrected chi connectivity index (χ1v) is 6.37. The molecule has 0 saturated carbocycles. The minimum Gasteiger partial charge on any atom is -0.768 e. The zero-order chi connectivity index (χ0) is 12.3. The standard InChI is InChI=1S/C12H12FNO2S/c13-11-6-3-7-14-12(11)9-4-1-2-5-10(8-9)17(15)16/h3,5-8H,1-2,4H2,(H,15,16)/p-1. The van der Waals surface area contributed by atoms with Crippen molar-refractivity contribution in [3.8, 4) is 0 Å². The Hall–Kier alpha value is -1.33. The Labute approximate surface area is 101 Å². The molecule has 1 unspecified atom stereocenters. The third-order valence-corrected chi connectivity index (χ3v) is 3.24. The predicted molar refractivity (Wildman–Crippen MR) is 63.0 cm³/mol. The third kappa shape index (κ3) is 2.87. The fourth-order valence-corrected chi connectivity index (χ4v) is 2.26. The predicted octanol–water partition coefficient (Wildman–Crippen LogP) is 2.55. The molecule has 0 amide bonds. The van der Waals surface area contributed by atoms with Crippen molar-refractivity contribution in [2.75, 3.05) is 0 Å². The monoisotopic (exact) mass is 252 g/mol. The van der Waals surface area contributed by atoms with Gasteiger partial charge in [0, 0.05) is 11.1 Å². The van der Waals surface area contributed by atoms with Gasteiger partial charge in [0.05, 0.1) is 0 Å². The summed E-state index contributed by atoms with van der Waals surface area (Å²) >= 11 is -2.28. The molecule has 0 aliphatic heterocycles. The molecule has 90 valence electrons. The van der Waals surface area contributed by atoms with Gasteiger partial charge in [-0.3, -0.25) is 9.19 Å². The van der Waals surface area contributed by atoms with Crippen LogP contribution in [0.2, 0.25) is 0 Å². The van der Waals surface area contributed by atoms with Gasteiger partial charge in [0.25, 0.3) is 0 Å². The lowest BCUT2D eigenvalue weighted by atomic mass is 10.1. The van der Waals surface area contributed by atoms with E-state index in [0.717, 1.165) is 6.42 Å². The van der Waals surface area contributed by atoms with Crippen LogP contribution in [0.4, 0.5) is 4.39 Å². The lowest BCUT2D eigenvalue weighted by molar-refractivity contribution is 0.544. The van der Waals surface area contributed by atoms with Gasteiger partial charge in [0.15, 0.2) is 0 Å². The van der Waals surface area contributed by atoms with Crippen LogP contribution >= 0.6 is 0 Å². The van der Waals surface area contributed by atoms with Crippen LogP contribution in [-0.2, 0) is 11.1 Å². The molecule has 0 N–H and O–H groups in total. The maximum Gasteiger partial charge on any atom is 0.149 e. The van der Waals surface area contributed by atoms with Gasteiger partial charge in [0.1, 0.15) is 11.5 Å². The Bertz CT molecular complexity index is 511. The van der Waals surface area contributed by atoms with Gasteiger partial charge in [-0.1, -0.05) is 6.08 Å². The number of hydrogen-bond donors (Lipinski definition) is 0. The maximum absolute atomic E-state index is 13.6. The van der Waals surface area contributed by atoms with Crippen molar-refractivity contribution in [2.45, 2.75) is 19.3 Å². The van der Waals surface area contributed by atoms with Gasteiger partial charge in [0.2, 0.25) is 0 Å². The van der Waals surface area contributed by atoms with Crippen LogP contribution in [0.15, 0.2) is 35.4 Å². The van der Waals surface area contributed by atoms with Gasteiger partial charge in [-0.05, 0) is 54.1 Å². The number of nitrogens with zero attached hydrogens (tertiary/aromatic N) is 1. The average molecular weight is 252 g/mol. The molecule has 1 aliphatic rings. The van der Waals surface area contributed by atoms with E-state index in [0.29, 0.717) is 18.4 Å². The van der Waals surface area contributed by atoms with Crippen LogP contribution in [0.3, 0.4) is 0 Å². The van der Waals surface area contributed by atoms with E-state index >= 15 is 0 Å². The van der Waals surface area contributed by atoms with Gasteiger partial charge in [-0.15, -0.1) is 0 Å². The van der Waals surface area contributed by atoms with Crippen molar-refractivity contribution in [1.82, 2.24) is 4.98 Å². The van der Waals surface area contributed by atoms with Crippen LogP contribution in [0.1, 0.15) is 25.0 Å². The molecule has 0 bridgehead atoms. The van der Waals surface area contributed by atoms with Crippen LogP contribution in [0, 0.1) is 5.82 Å². The number of pyridine rings is 1.